The first-order valence-electron chi connectivity index (χ1n) is 8.17. The summed E-state index contributed by atoms with van der Waals surface area (Å²) in [7, 11) is 0. The van der Waals surface area contributed by atoms with Crippen LogP contribution in [0.5, 0.6) is 5.75 Å². The van der Waals surface area contributed by atoms with Crippen molar-refractivity contribution in [1.82, 2.24) is 10.6 Å². The van der Waals surface area contributed by atoms with Gasteiger partial charge in [-0.1, -0.05) is 12.1 Å². The van der Waals surface area contributed by atoms with Crippen LogP contribution in [0.3, 0.4) is 0 Å². The number of nitrogens with one attached hydrogen (secondary N) is 2. The average Bonchev–Trinajstić information content (AvgIpc) is 2.59. The topological polar surface area (TPSA) is 103 Å². The maximum Gasteiger partial charge on any atom is 0.257 e. The van der Waals surface area contributed by atoms with Crippen LogP contribution in [-0.4, -0.2) is 43.7 Å². The van der Waals surface area contributed by atoms with Gasteiger partial charge < -0.3 is 25.8 Å². The fourth-order valence-corrected chi connectivity index (χ4v) is 2.46. The van der Waals surface area contributed by atoms with E-state index < -0.39 is 5.54 Å². The normalized spacial score (nSPS) is 16.2. The molecule has 2 amide bonds. The Balaban J connectivity index is 1.85. The summed E-state index contributed by atoms with van der Waals surface area (Å²) in [6.07, 6.45) is 1.04. The second-order valence-corrected chi connectivity index (χ2v) is 5.84. The maximum absolute atomic E-state index is 12.3. The van der Waals surface area contributed by atoms with Crippen molar-refractivity contribution in [2.24, 2.45) is 5.73 Å². The lowest BCUT2D eigenvalue weighted by atomic mass is 9.90. The number of carbonyl (C=O) groups excluding carboxylic acids is 2. The Labute approximate surface area is 141 Å². The van der Waals surface area contributed by atoms with E-state index in [1.807, 2.05) is 19.1 Å². The summed E-state index contributed by atoms with van der Waals surface area (Å²) in [5, 5.41) is 5.53. The van der Waals surface area contributed by atoms with Gasteiger partial charge in [-0.25, -0.2) is 0 Å². The summed E-state index contributed by atoms with van der Waals surface area (Å²) in [6, 6.07) is 7.27. The van der Waals surface area contributed by atoms with Gasteiger partial charge in [0.25, 0.3) is 5.91 Å². The molecule has 0 atom stereocenters. The van der Waals surface area contributed by atoms with Gasteiger partial charge in [0.1, 0.15) is 5.75 Å². The molecule has 2 rings (SSSR count). The van der Waals surface area contributed by atoms with Crippen molar-refractivity contribution in [2.45, 2.75) is 31.8 Å². The third kappa shape index (κ3) is 5.21. The highest BCUT2D eigenvalue weighted by atomic mass is 16.5. The monoisotopic (exact) mass is 335 g/mol. The van der Waals surface area contributed by atoms with E-state index in [1.165, 1.54) is 0 Å². The van der Waals surface area contributed by atoms with Gasteiger partial charge in [-0.05, 0) is 37.5 Å². The number of ether oxygens (including phenoxy) is 2. The lowest BCUT2D eigenvalue weighted by molar-refractivity contribution is -0.130. The van der Waals surface area contributed by atoms with Gasteiger partial charge in [-0.2, -0.15) is 0 Å². The molecule has 0 bridgehead atoms. The average molecular weight is 335 g/mol. The Hall–Kier alpha value is -2.12. The summed E-state index contributed by atoms with van der Waals surface area (Å²) >= 11 is 0. The molecular weight excluding hydrogens is 310 g/mol. The van der Waals surface area contributed by atoms with Crippen molar-refractivity contribution in [2.75, 3.05) is 26.4 Å². The van der Waals surface area contributed by atoms with Crippen LogP contribution >= 0.6 is 0 Å². The molecular formula is C17H25N3O4. The minimum absolute atomic E-state index is 0.0322. The Morgan fingerprint density at radius 2 is 2.04 bits per heavy atom. The smallest absolute Gasteiger partial charge is 0.257 e. The van der Waals surface area contributed by atoms with Crippen LogP contribution in [0.25, 0.3) is 0 Å². The van der Waals surface area contributed by atoms with Gasteiger partial charge in [-0.3, -0.25) is 9.59 Å². The van der Waals surface area contributed by atoms with Gasteiger partial charge in [0.2, 0.25) is 5.91 Å². The van der Waals surface area contributed by atoms with Crippen molar-refractivity contribution in [3.63, 3.8) is 0 Å². The summed E-state index contributed by atoms with van der Waals surface area (Å²) in [5.74, 6) is 0.252. The molecule has 0 spiro atoms. The highest BCUT2D eigenvalue weighted by molar-refractivity contribution is 5.86. The van der Waals surface area contributed by atoms with E-state index in [1.54, 1.807) is 12.1 Å². The molecule has 7 nitrogen and oxygen atoms in total. The van der Waals surface area contributed by atoms with Crippen molar-refractivity contribution in [3.05, 3.63) is 29.8 Å². The summed E-state index contributed by atoms with van der Waals surface area (Å²) in [4.78, 5) is 23.7. The summed E-state index contributed by atoms with van der Waals surface area (Å²) in [5.41, 5.74) is 6.17. The Morgan fingerprint density at radius 3 is 2.75 bits per heavy atom. The van der Waals surface area contributed by atoms with Crippen LogP contribution in [-0.2, 0) is 20.9 Å². The third-order valence-corrected chi connectivity index (χ3v) is 3.93. The Bertz CT molecular complexity index is 571. The first-order valence-corrected chi connectivity index (χ1v) is 8.17. The largest absolute Gasteiger partial charge is 0.484 e. The molecule has 0 radical (unpaired) electrons. The molecule has 1 aliphatic heterocycles. The van der Waals surface area contributed by atoms with Gasteiger partial charge >= 0.3 is 0 Å². The predicted molar refractivity (Wildman–Crippen MR) is 89.4 cm³/mol. The number of rotatable bonds is 7. The van der Waals surface area contributed by atoms with E-state index >= 15 is 0 Å². The van der Waals surface area contributed by atoms with Crippen molar-refractivity contribution in [1.29, 1.82) is 0 Å². The first kappa shape index (κ1) is 18.2. The van der Waals surface area contributed by atoms with Crippen LogP contribution in [0, 0.1) is 0 Å². The highest BCUT2D eigenvalue weighted by Gasteiger charge is 2.35. The van der Waals surface area contributed by atoms with E-state index in [-0.39, 0.29) is 18.4 Å². The molecule has 4 N–H and O–H groups in total. The standard InChI is InChI=1S/C17H25N3O4/c1-2-19-15(21)12-24-14-5-3-4-13(10-14)11-20-16(22)17(18)6-8-23-9-7-17/h3-5,10H,2,6-9,11-12,18H2,1H3,(H,19,21)(H,20,22). The van der Waals surface area contributed by atoms with Crippen LogP contribution in [0.1, 0.15) is 25.3 Å². The lowest BCUT2D eigenvalue weighted by Crippen LogP contribution is -2.56. The number of hydrogen-bond acceptors (Lipinski definition) is 5. The van der Waals surface area contributed by atoms with E-state index in [0.717, 1.165) is 5.56 Å². The third-order valence-electron chi connectivity index (χ3n) is 3.93. The summed E-state index contributed by atoms with van der Waals surface area (Å²) in [6.45, 7) is 3.76. The molecule has 0 aromatic heterocycles. The molecule has 1 aromatic carbocycles. The fraction of sp³-hybridized carbons (Fsp3) is 0.529. The zero-order valence-electron chi connectivity index (χ0n) is 14.0. The van der Waals surface area contributed by atoms with E-state index in [0.29, 0.717) is 44.9 Å². The SMILES string of the molecule is CCNC(=O)COc1cccc(CNC(=O)C2(N)CCOCC2)c1. The minimum Gasteiger partial charge on any atom is -0.484 e. The number of amides is 2. The molecule has 0 saturated carbocycles. The maximum atomic E-state index is 12.3. The number of hydrogen-bond donors (Lipinski definition) is 3. The van der Waals surface area contributed by atoms with Crippen LogP contribution in [0.2, 0.25) is 0 Å². The predicted octanol–water partition coefficient (Wildman–Crippen LogP) is 0.326. The van der Waals surface area contributed by atoms with Crippen LogP contribution in [0.15, 0.2) is 24.3 Å². The molecule has 1 saturated heterocycles. The van der Waals surface area contributed by atoms with Crippen molar-refractivity contribution in [3.8, 4) is 5.75 Å². The fourth-order valence-electron chi connectivity index (χ4n) is 2.46. The van der Waals surface area contributed by atoms with E-state index in [2.05, 4.69) is 10.6 Å². The van der Waals surface area contributed by atoms with Crippen molar-refractivity contribution < 1.29 is 19.1 Å². The van der Waals surface area contributed by atoms with Gasteiger partial charge in [0.15, 0.2) is 6.61 Å². The molecule has 132 valence electrons. The molecule has 1 heterocycles. The molecule has 1 fully saturated rings. The second kappa shape index (κ2) is 8.65. The highest BCUT2D eigenvalue weighted by Crippen LogP contribution is 2.18. The Morgan fingerprint density at radius 1 is 1.29 bits per heavy atom. The quantitative estimate of drug-likeness (QED) is 0.666. The number of nitrogens with two attached hydrogens (primary N) is 1. The number of benzene rings is 1. The van der Waals surface area contributed by atoms with Crippen molar-refractivity contribution >= 4 is 11.8 Å². The first-order chi connectivity index (χ1) is 11.5. The van der Waals surface area contributed by atoms with E-state index in [9.17, 15) is 9.59 Å². The molecule has 7 heteroatoms. The minimum atomic E-state index is -0.857. The zero-order valence-corrected chi connectivity index (χ0v) is 14.0. The molecule has 24 heavy (non-hydrogen) atoms. The van der Waals surface area contributed by atoms with E-state index in [4.69, 9.17) is 15.2 Å². The van der Waals surface area contributed by atoms with Gasteiger partial charge in [-0.15, -0.1) is 0 Å². The lowest BCUT2D eigenvalue weighted by Gasteiger charge is -2.31. The molecule has 1 aromatic rings. The van der Waals surface area contributed by atoms with Gasteiger partial charge in [0.05, 0.1) is 5.54 Å². The van der Waals surface area contributed by atoms with Gasteiger partial charge in [0, 0.05) is 26.3 Å². The van der Waals surface area contributed by atoms with Crippen LogP contribution < -0.4 is 21.1 Å². The molecule has 0 aliphatic carbocycles. The summed E-state index contributed by atoms with van der Waals surface area (Å²) < 4.78 is 10.7. The second-order valence-electron chi connectivity index (χ2n) is 5.84. The molecule has 0 unspecified atom stereocenters. The zero-order chi connectivity index (χ0) is 17.4. The molecule has 1 aliphatic rings. The van der Waals surface area contributed by atoms with Crippen LogP contribution in [0.4, 0.5) is 0 Å². The number of likely N-dealkylation sites (N-methyl/N-ethyl adjacent to an activating group) is 1. The number of carbonyl (C=O) groups is 2. The Kier molecular flexibility index (Phi) is 6.57.